The van der Waals surface area contributed by atoms with Crippen LogP contribution in [0.25, 0.3) is 0 Å². The second-order valence-corrected chi connectivity index (χ2v) is 5.30. The number of amides is 1. The van der Waals surface area contributed by atoms with Gasteiger partial charge in [-0.05, 0) is 12.6 Å². The van der Waals surface area contributed by atoms with Crippen molar-refractivity contribution < 1.29 is 9.53 Å². The molecule has 2 rings (SSSR count). The first-order chi connectivity index (χ1) is 10.3. The molecule has 1 amide bonds. The summed E-state index contributed by atoms with van der Waals surface area (Å²) in [5.74, 6) is 0.0893. The maximum absolute atomic E-state index is 12.0. The van der Waals surface area contributed by atoms with Gasteiger partial charge in [0.2, 0.25) is 5.91 Å². The fourth-order valence-corrected chi connectivity index (χ4v) is 2.47. The molecular weight excluding hydrogens is 266 g/mol. The van der Waals surface area contributed by atoms with E-state index in [9.17, 15) is 4.79 Å². The van der Waals surface area contributed by atoms with Gasteiger partial charge in [-0.15, -0.1) is 0 Å². The van der Waals surface area contributed by atoms with Crippen molar-refractivity contribution in [2.45, 2.75) is 12.5 Å². The molecule has 0 saturated carbocycles. The smallest absolute Gasteiger partial charge is 0.221 e. The van der Waals surface area contributed by atoms with Crippen LogP contribution in [0.1, 0.15) is 18.0 Å². The Bertz CT molecular complexity index is 419. The molecule has 1 aliphatic rings. The van der Waals surface area contributed by atoms with Crippen LogP contribution >= 0.6 is 0 Å². The SMILES string of the molecule is CNCCC(=O)NC(CN1CCOCC1)c1ccccc1. The summed E-state index contributed by atoms with van der Waals surface area (Å²) < 4.78 is 5.38. The van der Waals surface area contributed by atoms with E-state index in [-0.39, 0.29) is 11.9 Å². The summed E-state index contributed by atoms with van der Waals surface area (Å²) in [6, 6.07) is 10.2. The van der Waals surface area contributed by atoms with E-state index in [2.05, 4.69) is 27.7 Å². The molecule has 1 heterocycles. The predicted molar refractivity (Wildman–Crippen MR) is 83.1 cm³/mol. The van der Waals surface area contributed by atoms with Crippen LogP contribution in [-0.4, -0.2) is 57.2 Å². The summed E-state index contributed by atoms with van der Waals surface area (Å²) >= 11 is 0. The first kappa shape index (κ1) is 15.9. The molecule has 1 unspecified atom stereocenters. The van der Waals surface area contributed by atoms with Crippen LogP contribution in [0.4, 0.5) is 0 Å². The quantitative estimate of drug-likeness (QED) is 0.780. The van der Waals surface area contributed by atoms with Crippen molar-refractivity contribution in [3.63, 3.8) is 0 Å². The van der Waals surface area contributed by atoms with Gasteiger partial charge in [0.05, 0.1) is 19.3 Å². The normalized spacial score (nSPS) is 17.4. The molecule has 21 heavy (non-hydrogen) atoms. The second kappa shape index (κ2) is 8.77. The molecule has 5 heteroatoms. The van der Waals surface area contributed by atoms with E-state index in [0.29, 0.717) is 13.0 Å². The van der Waals surface area contributed by atoms with Gasteiger partial charge in [0.15, 0.2) is 0 Å². The Hall–Kier alpha value is -1.43. The van der Waals surface area contributed by atoms with E-state index >= 15 is 0 Å². The Morgan fingerprint density at radius 3 is 2.67 bits per heavy atom. The van der Waals surface area contributed by atoms with Gasteiger partial charge in [0.25, 0.3) is 0 Å². The van der Waals surface area contributed by atoms with E-state index in [1.807, 2.05) is 25.2 Å². The van der Waals surface area contributed by atoms with Gasteiger partial charge in [-0.1, -0.05) is 30.3 Å². The topological polar surface area (TPSA) is 53.6 Å². The van der Waals surface area contributed by atoms with E-state index in [4.69, 9.17) is 4.74 Å². The minimum atomic E-state index is 0.0358. The third kappa shape index (κ3) is 5.46. The fourth-order valence-electron chi connectivity index (χ4n) is 2.47. The highest BCUT2D eigenvalue weighted by molar-refractivity contribution is 5.76. The number of ether oxygens (including phenoxy) is 1. The molecule has 1 atom stereocenters. The van der Waals surface area contributed by atoms with Crippen molar-refractivity contribution in [1.82, 2.24) is 15.5 Å². The molecule has 1 aromatic rings. The lowest BCUT2D eigenvalue weighted by molar-refractivity contribution is -0.122. The maximum atomic E-state index is 12.0. The molecule has 0 aliphatic carbocycles. The average Bonchev–Trinajstić information content (AvgIpc) is 2.54. The summed E-state index contributed by atoms with van der Waals surface area (Å²) in [7, 11) is 1.86. The van der Waals surface area contributed by atoms with Gasteiger partial charge in [0, 0.05) is 32.6 Å². The average molecular weight is 291 g/mol. The van der Waals surface area contributed by atoms with Crippen LogP contribution in [0.2, 0.25) is 0 Å². The lowest BCUT2D eigenvalue weighted by Gasteiger charge is -2.31. The molecule has 1 saturated heterocycles. The Morgan fingerprint density at radius 1 is 1.29 bits per heavy atom. The van der Waals surface area contributed by atoms with Crippen LogP contribution in [0.5, 0.6) is 0 Å². The number of morpholine rings is 1. The minimum Gasteiger partial charge on any atom is -0.379 e. The highest BCUT2D eigenvalue weighted by Gasteiger charge is 2.19. The van der Waals surface area contributed by atoms with Gasteiger partial charge in [-0.2, -0.15) is 0 Å². The molecule has 1 aromatic carbocycles. The van der Waals surface area contributed by atoms with Crippen molar-refractivity contribution in [3.05, 3.63) is 35.9 Å². The van der Waals surface area contributed by atoms with E-state index in [1.165, 1.54) is 0 Å². The van der Waals surface area contributed by atoms with Gasteiger partial charge in [0.1, 0.15) is 0 Å². The largest absolute Gasteiger partial charge is 0.379 e. The molecule has 0 spiro atoms. The zero-order valence-electron chi connectivity index (χ0n) is 12.7. The monoisotopic (exact) mass is 291 g/mol. The Labute approximate surface area is 126 Å². The van der Waals surface area contributed by atoms with E-state index < -0.39 is 0 Å². The van der Waals surface area contributed by atoms with Crippen LogP contribution < -0.4 is 10.6 Å². The zero-order chi connectivity index (χ0) is 14.9. The summed E-state index contributed by atoms with van der Waals surface area (Å²) in [6.07, 6.45) is 0.503. The van der Waals surface area contributed by atoms with E-state index in [1.54, 1.807) is 0 Å². The maximum Gasteiger partial charge on any atom is 0.221 e. The molecule has 1 aliphatic heterocycles. The summed E-state index contributed by atoms with van der Waals surface area (Å²) in [5.41, 5.74) is 1.15. The summed E-state index contributed by atoms with van der Waals surface area (Å²) in [6.45, 7) is 4.93. The fraction of sp³-hybridized carbons (Fsp3) is 0.562. The summed E-state index contributed by atoms with van der Waals surface area (Å²) in [4.78, 5) is 14.4. The summed E-state index contributed by atoms with van der Waals surface area (Å²) in [5, 5.41) is 6.16. The Kier molecular flexibility index (Phi) is 6.66. The van der Waals surface area contributed by atoms with Crippen molar-refractivity contribution in [2.75, 3.05) is 46.4 Å². The number of hydrogen-bond acceptors (Lipinski definition) is 4. The molecule has 116 valence electrons. The number of hydrogen-bond donors (Lipinski definition) is 2. The highest BCUT2D eigenvalue weighted by Crippen LogP contribution is 2.15. The second-order valence-electron chi connectivity index (χ2n) is 5.30. The number of carbonyl (C=O) groups is 1. The van der Waals surface area contributed by atoms with Crippen molar-refractivity contribution in [3.8, 4) is 0 Å². The Balaban J connectivity index is 1.97. The molecule has 5 nitrogen and oxygen atoms in total. The molecular formula is C16H25N3O2. The van der Waals surface area contributed by atoms with Crippen molar-refractivity contribution in [1.29, 1.82) is 0 Å². The first-order valence-electron chi connectivity index (χ1n) is 7.58. The lowest BCUT2D eigenvalue weighted by Crippen LogP contribution is -2.43. The minimum absolute atomic E-state index is 0.0358. The van der Waals surface area contributed by atoms with E-state index in [0.717, 1.165) is 38.4 Å². The van der Waals surface area contributed by atoms with Crippen molar-refractivity contribution in [2.24, 2.45) is 0 Å². The van der Waals surface area contributed by atoms with Crippen LogP contribution in [0.3, 0.4) is 0 Å². The molecule has 0 bridgehead atoms. The standard InChI is InChI=1S/C16H25N3O2/c1-17-8-7-16(20)18-15(14-5-3-2-4-6-14)13-19-9-11-21-12-10-19/h2-6,15,17H,7-13H2,1H3,(H,18,20). The predicted octanol–water partition coefficient (Wildman–Crippen LogP) is 0.786. The number of nitrogens with one attached hydrogen (secondary N) is 2. The van der Waals surface area contributed by atoms with Gasteiger partial charge in [-0.3, -0.25) is 9.69 Å². The highest BCUT2D eigenvalue weighted by atomic mass is 16.5. The number of carbonyl (C=O) groups excluding carboxylic acids is 1. The number of rotatable bonds is 7. The van der Waals surface area contributed by atoms with Gasteiger partial charge < -0.3 is 15.4 Å². The third-order valence-corrected chi connectivity index (χ3v) is 3.68. The zero-order valence-corrected chi connectivity index (χ0v) is 12.7. The lowest BCUT2D eigenvalue weighted by atomic mass is 10.1. The van der Waals surface area contributed by atoms with Crippen LogP contribution in [0, 0.1) is 0 Å². The van der Waals surface area contributed by atoms with Gasteiger partial charge >= 0.3 is 0 Å². The van der Waals surface area contributed by atoms with Crippen LogP contribution in [0.15, 0.2) is 30.3 Å². The number of benzene rings is 1. The Morgan fingerprint density at radius 2 is 2.00 bits per heavy atom. The molecule has 0 radical (unpaired) electrons. The van der Waals surface area contributed by atoms with Crippen molar-refractivity contribution >= 4 is 5.91 Å². The first-order valence-corrected chi connectivity index (χ1v) is 7.58. The number of nitrogens with zero attached hydrogens (tertiary/aromatic N) is 1. The third-order valence-electron chi connectivity index (χ3n) is 3.68. The molecule has 0 aromatic heterocycles. The molecule has 2 N–H and O–H groups in total. The molecule has 1 fully saturated rings. The van der Waals surface area contributed by atoms with Gasteiger partial charge in [-0.25, -0.2) is 0 Å². The van der Waals surface area contributed by atoms with Crippen LogP contribution in [-0.2, 0) is 9.53 Å².